The van der Waals surface area contributed by atoms with Gasteiger partial charge in [-0.1, -0.05) is 13.3 Å². The van der Waals surface area contributed by atoms with Gasteiger partial charge in [-0.2, -0.15) is 5.10 Å². The predicted molar refractivity (Wildman–Crippen MR) is 48.4 cm³/mol. The van der Waals surface area contributed by atoms with E-state index in [2.05, 4.69) is 22.1 Å². The molecule has 2 rings (SSSR count). The van der Waals surface area contributed by atoms with Crippen LogP contribution < -0.4 is 11.4 Å². The zero-order valence-corrected chi connectivity index (χ0v) is 7.63. The Hall–Kier alpha value is -1.10. The third kappa shape index (κ3) is 1.19. The minimum atomic E-state index is -0.254. The number of rotatable bonds is 1. The summed E-state index contributed by atoms with van der Waals surface area (Å²) >= 11 is 0. The second kappa shape index (κ2) is 2.70. The summed E-state index contributed by atoms with van der Waals surface area (Å²) < 4.78 is 0. The minimum Gasteiger partial charge on any atom is -0.327 e. The smallest absolute Gasteiger partial charge is 0.327 e. The number of nitrogens with two attached hydrogens (primary N) is 1. The molecule has 1 heterocycles. The molecule has 0 saturated heterocycles. The lowest BCUT2D eigenvalue weighted by Gasteiger charge is -2.25. The Balaban J connectivity index is 2.39. The Bertz CT molecular complexity index is 355. The average molecular weight is 182 g/mol. The minimum absolute atomic E-state index is 0.103. The summed E-state index contributed by atoms with van der Waals surface area (Å²) in [7, 11) is 0. The molecule has 1 aliphatic rings. The molecule has 1 fully saturated rings. The molecule has 72 valence electrons. The van der Waals surface area contributed by atoms with E-state index in [1.54, 1.807) is 0 Å². The standard InChI is InChI=1S/C8H14N4O/c1-8(4-2-3-5(8)9)6-10-7(13)12-11-6/h5H,2-4,9H2,1H3,(H2,10,11,12,13). The van der Waals surface area contributed by atoms with E-state index in [9.17, 15) is 4.79 Å². The molecular weight excluding hydrogens is 168 g/mol. The van der Waals surface area contributed by atoms with Crippen molar-refractivity contribution in [2.24, 2.45) is 5.73 Å². The number of hydrogen-bond acceptors (Lipinski definition) is 3. The highest BCUT2D eigenvalue weighted by Gasteiger charge is 2.40. The number of aromatic amines is 2. The quantitative estimate of drug-likeness (QED) is 0.565. The summed E-state index contributed by atoms with van der Waals surface area (Å²) in [6.07, 6.45) is 3.10. The Labute approximate surface area is 75.7 Å². The Morgan fingerprint density at radius 1 is 1.69 bits per heavy atom. The van der Waals surface area contributed by atoms with E-state index >= 15 is 0 Å². The number of aromatic nitrogens is 3. The molecule has 0 aliphatic heterocycles. The number of hydrogen-bond donors (Lipinski definition) is 3. The summed E-state index contributed by atoms with van der Waals surface area (Å²) in [5.41, 5.74) is 5.57. The lowest BCUT2D eigenvalue weighted by molar-refractivity contribution is 0.405. The van der Waals surface area contributed by atoms with Gasteiger partial charge in [-0.05, 0) is 12.8 Å². The fourth-order valence-electron chi connectivity index (χ4n) is 2.03. The molecule has 1 aromatic rings. The average Bonchev–Trinajstić information content (AvgIpc) is 2.62. The van der Waals surface area contributed by atoms with Crippen LogP contribution in [0.25, 0.3) is 0 Å². The number of nitrogens with one attached hydrogen (secondary N) is 2. The molecule has 0 spiro atoms. The van der Waals surface area contributed by atoms with Crippen molar-refractivity contribution in [1.29, 1.82) is 0 Å². The first-order chi connectivity index (χ1) is 6.13. The van der Waals surface area contributed by atoms with Gasteiger partial charge in [0.25, 0.3) is 0 Å². The summed E-state index contributed by atoms with van der Waals surface area (Å²) in [5, 5.41) is 6.32. The molecule has 5 nitrogen and oxygen atoms in total. The van der Waals surface area contributed by atoms with Crippen molar-refractivity contribution in [2.45, 2.75) is 37.6 Å². The summed E-state index contributed by atoms with van der Waals surface area (Å²) in [5.74, 6) is 0.697. The van der Waals surface area contributed by atoms with E-state index in [4.69, 9.17) is 5.73 Å². The van der Waals surface area contributed by atoms with Crippen LogP contribution in [0.3, 0.4) is 0 Å². The van der Waals surface area contributed by atoms with Crippen LogP contribution in [0, 0.1) is 0 Å². The van der Waals surface area contributed by atoms with Gasteiger partial charge in [0, 0.05) is 11.5 Å². The van der Waals surface area contributed by atoms with E-state index in [0.717, 1.165) is 19.3 Å². The van der Waals surface area contributed by atoms with Gasteiger partial charge in [-0.15, -0.1) is 0 Å². The highest BCUT2D eigenvalue weighted by atomic mass is 16.1. The largest absolute Gasteiger partial charge is 0.340 e. The van der Waals surface area contributed by atoms with E-state index in [1.165, 1.54) is 0 Å². The molecule has 1 aliphatic carbocycles. The first-order valence-electron chi connectivity index (χ1n) is 4.54. The van der Waals surface area contributed by atoms with Crippen LogP contribution in [0.2, 0.25) is 0 Å². The van der Waals surface area contributed by atoms with Crippen molar-refractivity contribution >= 4 is 0 Å². The van der Waals surface area contributed by atoms with Crippen molar-refractivity contribution in [2.75, 3.05) is 0 Å². The predicted octanol–water partition coefficient (Wildman–Crippen LogP) is -0.133. The van der Waals surface area contributed by atoms with Crippen molar-refractivity contribution < 1.29 is 0 Å². The van der Waals surface area contributed by atoms with Gasteiger partial charge in [0.05, 0.1) is 0 Å². The second-order valence-electron chi connectivity index (χ2n) is 3.94. The molecule has 5 heteroatoms. The molecule has 2 atom stereocenters. The van der Waals surface area contributed by atoms with E-state index in [1.807, 2.05) is 0 Å². The molecule has 1 saturated carbocycles. The maximum Gasteiger partial charge on any atom is 0.340 e. The van der Waals surface area contributed by atoms with Crippen molar-refractivity contribution in [3.8, 4) is 0 Å². The molecule has 0 amide bonds. The lowest BCUT2D eigenvalue weighted by Crippen LogP contribution is -2.39. The van der Waals surface area contributed by atoms with E-state index in [-0.39, 0.29) is 17.1 Å². The van der Waals surface area contributed by atoms with Crippen LogP contribution >= 0.6 is 0 Å². The van der Waals surface area contributed by atoms with Gasteiger partial charge >= 0.3 is 5.69 Å². The third-order valence-corrected chi connectivity index (χ3v) is 3.07. The molecular formula is C8H14N4O. The van der Waals surface area contributed by atoms with Gasteiger partial charge in [-0.3, -0.25) is 4.98 Å². The monoisotopic (exact) mass is 182 g/mol. The summed E-state index contributed by atoms with van der Waals surface area (Å²) in [6, 6.07) is 0.103. The fourth-order valence-corrected chi connectivity index (χ4v) is 2.03. The molecule has 2 unspecified atom stereocenters. The van der Waals surface area contributed by atoms with Crippen molar-refractivity contribution in [1.82, 2.24) is 15.2 Å². The van der Waals surface area contributed by atoms with Crippen molar-refractivity contribution in [3.63, 3.8) is 0 Å². The van der Waals surface area contributed by atoms with Crippen LogP contribution in [0.1, 0.15) is 32.0 Å². The van der Waals surface area contributed by atoms with Gasteiger partial charge < -0.3 is 5.73 Å². The maximum absolute atomic E-state index is 10.9. The Morgan fingerprint density at radius 2 is 2.46 bits per heavy atom. The highest BCUT2D eigenvalue weighted by molar-refractivity contribution is 5.12. The maximum atomic E-state index is 10.9. The number of H-pyrrole nitrogens is 2. The summed E-state index contributed by atoms with van der Waals surface area (Å²) in [4.78, 5) is 13.6. The molecule has 4 N–H and O–H groups in total. The Kier molecular flexibility index (Phi) is 1.76. The van der Waals surface area contributed by atoms with Gasteiger partial charge in [-0.25, -0.2) is 9.89 Å². The van der Waals surface area contributed by atoms with Gasteiger partial charge in [0.15, 0.2) is 0 Å². The zero-order valence-electron chi connectivity index (χ0n) is 7.63. The molecule has 1 aromatic heterocycles. The Morgan fingerprint density at radius 3 is 2.92 bits per heavy atom. The molecule has 0 radical (unpaired) electrons. The molecule has 13 heavy (non-hydrogen) atoms. The molecule has 0 aromatic carbocycles. The highest BCUT2D eigenvalue weighted by Crippen LogP contribution is 2.37. The van der Waals surface area contributed by atoms with E-state index < -0.39 is 0 Å². The van der Waals surface area contributed by atoms with Crippen LogP contribution in [0.15, 0.2) is 4.79 Å². The zero-order chi connectivity index (χ0) is 9.47. The summed E-state index contributed by atoms with van der Waals surface area (Å²) in [6.45, 7) is 2.05. The SMILES string of the molecule is CC1(c2n[nH]c(=O)[nH]2)CCCC1N. The van der Waals surface area contributed by atoms with Crippen molar-refractivity contribution in [3.05, 3.63) is 16.3 Å². The topological polar surface area (TPSA) is 87.6 Å². The molecule has 0 bridgehead atoms. The van der Waals surface area contributed by atoms with E-state index in [0.29, 0.717) is 5.82 Å². The third-order valence-electron chi connectivity index (χ3n) is 3.07. The van der Waals surface area contributed by atoms with Crippen LogP contribution in [-0.4, -0.2) is 21.2 Å². The first-order valence-corrected chi connectivity index (χ1v) is 4.54. The van der Waals surface area contributed by atoms with Crippen LogP contribution in [0.4, 0.5) is 0 Å². The number of nitrogens with zero attached hydrogens (tertiary/aromatic N) is 1. The first kappa shape index (κ1) is 8.50. The van der Waals surface area contributed by atoms with Crippen LogP contribution in [-0.2, 0) is 5.41 Å². The second-order valence-corrected chi connectivity index (χ2v) is 3.94. The lowest BCUT2D eigenvalue weighted by atomic mass is 9.84. The van der Waals surface area contributed by atoms with Crippen LogP contribution in [0.5, 0.6) is 0 Å². The van der Waals surface area contributed by atoms with Gasteiger partial charge in [0.1, 0.15) is 5.82 Å². The normalized spacial score (nSPS) is 33.8. The van der Waals surface area contributed by atoms with Gasteiger partial charge in [0.2, 0.25) is 0 Å². The fraction of sp³-hybridized carbons (Fsp3) is 0.750.